The maximum atomic E-state index is 14.0. The summed E-state index contributed by atoms with van der Waals surface area (Å²) >= 11 is 1.56. The summed E-state index contributed by atoms with van der Waals surface area (Å²) < 4.78 is 35.7. The van der Waals surface area contributed by atoms with Crippen LogP contribution >= 0.6 is 11.3 Å². The quantitative estimate of drug-likeness (QED) is 0.0717. The molecule has 7 rings (SSSR count). The zero-order valence-electron chi connectivity index (χ0n) is 39.9. The summed E-state index contributed by atoms with van der Waals surface area (Å²) in [5.41, 5.74) is 6.78. The van der Waals surface area contributed by atoms with Crippen molar-refractivity contribution in [3.63, 3.8) is 0 Å². The number of likely N-dealkylation sites (tertiary alicyclic amines) is 1. The lowest BCUT2D eigenvalue weighted by Crippen LogP contribution is -2.58. The van der Waals surface area contributed by atoms with Crippen LogP contribution in [-0.4, -0.2) is 119 Å². The highest BCUT2D eigenvalue weighted by molar-refractivity contribution is 7.91. The number of rotatable bonds is 20. The number of nitrogens with zero attached hydrogens (tertiary/aromatic N) is 9. The number of aromatic nitrogens is 8. The van der Waals surface area contributed by atoms with Gasteiger partial charge in [-0.1, -0.05) is 50.3 Å². The second-order valence-electron chi connectivity index (χ2n) is 18.5. The summed E-state index contributed by atoms with van der Waals surface area (Å²) in [6.07, 6.45) is 5.04. The van der Waals surface area contributed by atoms with Crippen LogP contribution in [-0.2, 0) is 48.5 Å². The average molecular weight is 981 g/mol. The Hall–Kier alpha value is -6.42. The Labute approximate surface area is 406 Å². The molecule has 0 saturated carbocycles. The van der Waals surface area contributed by atoms with E-state index in [1.54, 1.807) is 64.4 Å². The van der Waals surface area contributed by atoms with Crippen LogP contribution in [0.5, 0.6) is 0 Å². The molecule has 0 bridgehead atoms. The standard InChI is InChI=1S/C48H60N12O7S2/c1-30(2)60-32(4)50-25-41(60)39-18-19-49-47(54-39)53-35-14-16-38(17-15-35)69(65,66)22-8-9-36-26-58(57-56-36)20-21-67-28-42(62)55-44(48(5,6)7)46(64)59-27-37(61)23-40(59)45(63)51-24-33-10-12-34(13-11-33)43-31(3)52-29-68-43/h10-19,25-26,29-30,37,40,44,61H,8-9,20-24,27-28H2,1-7H3,(H,51,63)(H,55,62)(H,49,53,54)/t37-,40+,44-/m1/s1. The predicted molar refractivity (Wildman–Crippen MR) is 261 cm³/mol. The molecule has 1 aliphatic rings. The van der Waals surface area contributed by atoms with Gasteiger partial charge >= 0.3 is 0 Å². The summed E-state index contributed by atoms with van der Waals surface area (Å²) in [6, 6.07) is 14.4. The van der Waals surface area contributed by atoms with Crippen molar-refractivity contribution in [1.29, 1.82) is 0 Å². The van der Waals surface area contributed by atoms with E-state index in [1.165, 1.54) is 4.90 Å². The second kappa shape index (κ2) is 21.9. The van der Waals surface area contributed by atoms with E-state index >= 15 is 0 Å². The van der Waals surface area contributed by atoms with Crippen molar-refractivity contribution in [1.82, 2.24) is 55.0 Å². The van der Waals surface area contributed by atoms with Crippen LogP contribution in [0.2, 0.25) is 0 Å². The van der Waals surface area contributed by atoms with E-state index in [1.807, 2.05) is 65.0 Å². The van der Waals surface area contributed by atoms with Crippen LogP contribution in [0.3, 0.4) is 0 Å². The number of β-amino-alcohol motifs (C(OH)–C–C–N with tert-alkyl or cyclic N) is 1. The fraction of sp³-hybridized carbons (Fsp3) is 0.438. The van der Waals surface area contributed by atoms with Crippen LogP contribution in [0.1, 0.15) is 76.3 Å². The molecule has 4 aromatic heterocycles. The Morgan fingerprint density at radius 2 is 1.75 bits per heavy atom. The van der Waals surface area contributed by atoms with Gasteiger partial charge < -0.3 is 35.3 Å². The SMILES string of the molecule is Cc1ncsc1-c1ccc(CNC(=O)[C@@H]2C[C@@H](O)CN2C(=O)[C@@H](NC(=O)COCCn2cc(CCCS(=O)(=O)c3ccc(Nc4nccc(-c5cnc(C)n5C(C)C)n4)cc3)nn2)C(C)(C)C)cc1. The number of hydrogen-bond donors (Lipinski definition) is 4. The largest absolute Gasteiger partial charge is 0.391 e. The van der Waals surface area contributed by atoms with Crippen molar-refractivity contribution in [2.45, 2.75) is 110 Å². The molecule has 1 saturated heterocycles. The first-order chi connectivity index (χ1) is 32.9. The van der Waals surface area contributed by atoms with Gasteiger partial charge in [-0.15, -0.1) is 16.4 Å². The Bertz CT molecular complexity index is 2840. The third-order valence-corrected chi connectivity index (χ3v) is 14.5. The number of nitrogens with one attached hydrogen (secondary N) is 3. The molecule has 5 heterocycles. The van der Waals surface area contributed by atoms with E-state index in [0.29, 0.717) is 35.9 Å². The van der Waals surface area contributed by atoms with Crippen LogP contribution in [0.4, 0.5) is 11.6 Å². The molecule has 1 fully saturated rings. The summed E-state index contributed by atoms with van der Waals surface area (Å²) in [4.78, 5) is 61.0. The molecular formula is C48H60N12O7S2. The monoisotopic (exact) mass is 980 g/mol. The van der Waals surface area contributed by atoms with E-state index in [0.717, 1.165) is 33.2 Å². The first-order valence-corrected chi connectivity index (χ1v) is 25.4. The minimum absolute atomic E-state index is 0.0402. The van der Waals surface area contributed by atoms with Gasteiger partial charge in [0.25, 0.3) is 0 Å². The van der Waals surface area contributed by atoms with Crippen molar-refractivity contribution < 1.29 is 32.6 Å². The van der Waals surface area contributed by atoms with E-state index in [-0.39, 0.29) is 56.0 Å². The van der Waals surface area contributed by atoms with E-state index in [9.17, 15) is 27.9 Å². The van der Waals surface area contributed by atoms with Gasteiger partial charge in [-0.05, 0) is 87.4 Å². The number of carbonyl (C=O) groups is 3. The molecule has 3 amide bonds. The zero-order chi connectivity index (χ0) is 49.5. The molecule has 0 spiro atoms. The number of imidazole rings is 1. The number of carbonyl (C=O) groups excluding carboxylic acids is 3. The molecule has 6 aromatic rings. The lowest BCUT2D eigenvalue weighted by molar-refractivity contribution is -0.144. The number of sulfone groups is 1. The first kappa shape index (κ1) is 50.5. The van der Waals surface area contributed by atoms with E-state index in [4.69, 9.17) is 4.74 Å². The molecule has 2 aromatic carbocycles. The molecular weight excluding hydrogens is 921 g/mol. The molecule has 19 nitrogen and oxygen atoms in total. The molecule has 21 heteroatoms. The third-order valence-electron chi connectivity index (χ3n) is 11.7. The minimum atomic E-state index is -3.59. The highest BCUT2D eigenvalue weighted by Crippen LogP contribution is 2.29. The topological polar surface area (TPSA) is 241 Å². The molecule has 69 heavy (non-hydrogen) atoms. The molecule has 0 radical (unpaired) electrons. The van der Waals surface area contributed by atoms with Gasteiger partial charge in [0.2, 0.25) is 23.7 Å². The molecule has 1 aliphatic heterocycles. The van der Waals surface area contributed by atoms with Gasteiger partial charge in [0.15, 0.2) is 9.84 Å². The Kier molecular flexibility index (Phi) is 16.0. The lowest BCUT2D eigenvalue weighted by Gasteiger charge is -2.35. The van der Waals surface area contributed by atoms with Gasteiger partial charge in [0, 0.05) is 43.6 Å². The second-order valence-corrected chi connectivity index (χ2v) is 21.4. The van der Waals surface area contributed by atoms with Crippen molar-refractivity contribution >= 4 is 50.5 Å². The normalized spacial score (nSPS) is 15.6. The van der Waals surface area contributed by atoms with Crippen LogP contribution in [0.15, 0.2) is 83.6 Å². The van der Waals surface area contributed by atoms with Crippen LogP contribution < -0.4 is 16.0 Å². The predicted octanol–water partition coefficient (Wildman–Crippen LogP) is 5.23. The van der Waals surface area contributed by atoms with E-state index < -0.39 is 51.2 Å². The number of ether oxygens (including phenoxy) is 1. The highest BCUT2D eigenvalue weighted by atomic mass is 32.2. The van der Waals surface area contributed by atoms with Gasteiger partial charge in [0.05, 0.1) is 69.3 Å². The summed E-state index contributed by atoms with van der Waals surface area (Å²) in [7, 11) is -3.59. The van der Waals surface area contributed by atoms with Crippen molar-refractivity contribution in [3.8, 4) is 21.8 Å². The highest BCUT2D eigenvalue weighted by Gasteiger charge is 2.44. The van der Waals surface area contributed by atoms with E-state index in [2.05, 4.69) is 64.6 Å². The molecule has 0 unspecified atom stereocenters. The third kappa shape index (κ3) is 12.8. The maximum absolute atomic E-state index is 14.0. The average Bonchev–Trinajstić information content (AvgIpc) is 4.13. The number of aryl methyl sites for hydroxylation is 3. The lowest BCUT2D eigenvalue weighted by atomic mass is 9.85. The maximum Gasteiger partial charge on any atom is 0.246 e. The number of anilines is 2. The fourth-order valence-electron chi connectivity index (χ4n) is 8.16. The van der Waals surface area contributed by atoms with Crippen molar-refractivity contribution in [2.75, 3.05) is 30.8 Å². The number of aliphatic hydroxyl groups excluding tert-OH is 1. The minimum Gasteiger partial charge on any atom is -0.391 e. The smallest absolute Gasteiger partial charge is 0.246 e. The Morgan fingerprint density at radius 3 is 2.45 bits per heavy atom. The molecule has 3 atom stereocenters. The number of benzene rings is 2. The van der Waals surface area contributed by atoms with Gasteiger partial charge in [-0.25, -0.2) is 33.0 Å². The van der Waals surface area contributed by atoms with Crippen LogP contribution in [0.25, 0.3) is 21.8 Å². The number of aliphatic hydroxyl groups is 1. The van der Waals surface area contributed by atoms with Gasteiger partial charge in [-0.2, -0.15) is 0 Å². The molecule has 4 N–H and O–H groups in total. The fourth-order valence-corrected chi connectivity index (χ4v) is 10.3. The van der Waals surface area contributed by atoms with Crippen molar-refractivity contribution in [2.24, 2.45) is 5.41 Å². The summed E-state index contributed by atoms with van der Waals surface area (Å²) in [6.45, 7) is 13.8. The van der Waals surface area contributed by atoms with Gasteiger partial charge in [0.1, 0.15) is 24.5 Å². The van der Waals surface area contributed by atoms with Crippen molar-refractivity contribution in [3.05, 3.63) is 101 Å². The molecule has 366 valence electrons. The van der Waals surface area contributed by atoms with Gasteiger partial charge in [-0.3, -0.25) is 14.4 Å². The van der Waals surface area contributed by atoms with Crippen LogP contribution in [0, 0.1) is 19.3 Å². The summed E-state index contributed by atoms with van der Waals surface area (Å²) in [5.74, 6) is -0.212. The Balaban J connectivity index is 0.831. The number of hydrogen-bond acceptors (Lipinski definition) is 15. The summed E-state index contributed by atoms with van der Waals surface area (Å²) in [5, 5.41) is 27.7. The zero-order valence-corrected chi connectivity index (χ0v) is 41.6. The molecule has 0 aliphatic carbocycles. The number of amides is 3. The first-order valence-electron chi connectivity index (χ1n) is 22.8. The Morgan fingerprint density at radius 1 is 1.00 bits per heavy atom. The number of thiazole rings is 1.